The van der Waals surface area contributed by atoms with E-state index in [1.165, 1.54) is 0 Å². The van der Waals surface area contributed by atoms with Crippen LogP contribution in [0, 0.1) is 0 Å². The van der Waals surface area contributed by atoms with Gasteiger partial charge >= 0.3 is 0 Å². The Balaban J connectivity index is 2.34. The van der Waals surface area contributed by atoms with Crippen molar-refractivity contribution in [3.05, 3.63) is 48.7 Å². The summed E-state index contributed by atoms with van der Waals surface area (Å²) in [5.74, 6) is 0. The van der Waals surface area contributed by atoms with E-state index in [2.05, 4.69) is 0 Å². The van der Waals surface area contributed by atoms with Gasteiger partial charge < -0.3 is 10.2 Å². The first-order valence-corrected chi connectivity index (χ1v) is 5.79. The van der Waals surface area contributed by atoms with Crippen molar-refractivity contribution in [2.45, 2.75) is 0 Å². The molecule has 2 aromatic heterocycles. The van der Waals surface area contributed by atoms with Gasteiger partial charge in [0.15, 0.2) is 0 Å². The van der Waals surface area contributed by atoms with E-state index < -0.39 is 0 Å². The third kappa shape index (κ3) is 1.10. The van der Waals surface area contributed by atoms with Crippen molar-refractivity contribution >= 4 is 38.5 Å². The zero-order valence-electron chi connectivity index (χ0n) is 9.55. The molecule has 2 heterocycles. The van der Waals surface area contributed by atoms with Crippen molar-refractivity contribution in [1.29, 1.82) is 0 Å². The zero-order valence-corrected chi connectivity index (χ0v) is 9.55. The van der Waals surface area contributed by atoms with Gasteiger partial charge in [-0.05, 0) is 24.3 Å². The highest BCUT2D eigenvalue weighted by molar-refractivity contribution is 6.14. The predicted octanol–water partition coefficient (Wildman–Crippen LogP) is 3.72. The van der Waals surface area contributed by atoms with Crippen molar-refractivity contribution < 1.29 is 4.42 Å². The Hall–Kier alpha value is -2.55. The summed E-state index contributed by atoms with van der Waals surface area (Å²) < 4.78 is 5.40. The molecular weight excluding hydrogens is 224 g/mol. The first-order chi connectivity index (χ1) is 8.84. The van der Waals surface area contributed by atoms with E-state index in [1.807, 2.05) is 42.5 Å². The molecule has 0 unspecified atom stereocenters. The molecule has 86 valence electrons. The SMILES string of the molecule is Nc1c2ccccc2nc2c1ccc1occc12. The van der Waals surface area contributed by atoms with Crippen molar-refractivity contribution in [1.82, 2.24) is 4.98 Å². The van der Waals surface area contributed by atoms with Crippen molar-refractivity contribution in [3.63, 3.8) is 0 Å². The molecule has 0 aliphatic heterocycles. The fraction of sp³-hybridized carbons (Fsp3) is 0. The Kier molecular flexibility index (Phi) is 1.70. The molecule has 0 amide bonds. The van der Waals surface area contributed by atoms with Gasteiger partial charge in [-0.15, -0.1) is 0 Å². The maximum Gasteiger partial charge on any atom is 0.136 e. The number of hydrogen-bond donors (Lipinski definition) is 1. The second-order valence-corrected chi connectivity index (χ2v) is 4.34. The van der Waals surface area contributed by atoms with E-state index in [9.17, 15) is 0 Å². The van der Waals surface area contributed by atoms with Crippen LogP contribution in [0.4, 0.5) is 5.69 Å². The standard InChI is InChI=1S/C15H10N2O/c16-14-9-3-1-2-4-12(9)17-15-10-7-8-18-13(10)6-5-11(14)15/h1-8H,(H2,16,17). The van der Waals surface area contributed by atoms with Crippen LogP contribution in [-0.2, 0) is 0 Å². The molecule has 2 aromatic carbocycles. The number of pyridine rings is 1. The van der Waals surface area contributed by atoms with Crippen LogP contribution in [0.3, 0.4) is 0 Å². The highest BCUT2D eigenvalue weighted by Gasteiger charge is 2.09. The van der Waals surface area contributed by atoms with Crippen LogP contribution < -0.4 is 5.73 Å². The number of rotatable bonds is 0. The molecule has 0 aliphatic rings. The van der Waals surface area contributed by atoms with E-state index in [0.29, 0.717) is 0 Å². The fourth-order valence-electron chi connectivity index (χ4n) is 2.43. The minimum absolute atomic E-state index is 0.777. The minimum atomic E-state index is 0.777. The van der Waals surface area contributed by atoms with Crippen LogP contribution >= 0.6 is 0 Å². The van der Waals surface area contributed by atoms with E-state index >= 15 is 0 Å². The molecule has 0 atom stereocenters. The smallest absolute Gasteiger partial charge is 0.136 e. The van der Waals surface area contributed by atoms with Crippen LogP contribution in [0.1, 0.15) is 0 Å². The number of nitrogens with zero attached hydrogens (tertiary/aromatic N) is 1. The number of nitrogen functional groups attached to an aromatic ring is 1. The number of nitrogens with two attached hydrogens (primary N) is 1. The van der Waals surface area contributed by atoms with E-state index in [-0.39, 0.29) is 0 Å². The maximum atomic E-state index is 6.24. The molecule has 4 aromatic rings. The number of anilines is 1. The van der Waals surface area contributed by atoms with Crippen molar-refractivity contribution in [2.75, 3.05) is 5.73 Å². The highest BCUT2D eigenvalue weighted by atomic mass is 16.3. The number of hydrogen-bond acceptors (Lipinski definition) is 3. The summed E-state index contributed by atoms with van der Waals surface area (Å²) in [4.78, 5) is 4.70. The molecule has 18 heavy (non-hydrogen) atoms. The first-order valence-electron chi connectivity index (χ1n) is 5.79. The van der Waals surface area contributed by atoms with Gasteiger partial charge in [-0.25, -0.2) is 4.98 Å². The third-order valence-electron chi connectivity index (χ3n) is 3.32. The Morgan fingerprint density at radius 1 is 0.889 bits per heavy atom. The quantitative estimate of drug-likeness (QED) is 0.472. The topological polar surface area (TPSA) is 52.0 Å². The molecule has 3 heteroatoms. The lowest BCUT2D eigenvalue weighted by atomic mass is 10.1. The number of aromatic nitrogens is 1. The van der Waals surface area contributed by atoms with Crippen LogP contribution in [0.15, 0.2) is 53.1 Å². The number of fused-ring (bicyclic) bond motifs is 4. The summed E-state index contributed by atoms with van der Waals surface area (Å²) in [6.07, 6.45) is 1.68. The van der Waals surface area contributed by atoms with Gasteiger partial charge in [0.05, 0.1) is 23.0 Å². The van der Waals surface area contributed by atoms with Crippen LogP contribution in [-0.4, -0.2) is 4.98 Å². The molecule has 0 fully saturated rings. The van der Waals surface area contributed by atoms with Gasteiger partial charge in [0, 0.05) is 16.2 Å². The number of furan rings is 1. The molecule has 0 radical (unpaired) electrons. The van der Waals surface area contributed by atoms with Crippen molar-refractivity contribution in [3.8, 4) is 0 Å². The van der Waals surface area contributed by atoms with Crippen molar-refractivity contribution in [2.24, 2.45) is 0 Å². The number of para-hydroxylation sites is 1. The Labute approximate surface area is 103 Å². The monoisotopic (exact) mass is 234 g/mol. The van der Waals surface area contributed by atoms with Gasteiger partial charge in [-0.1, -0.05) is 18.2 Å². The number of benzene rings is 2. The van der Waals surface area contributed by atoms with E-state index in [0.717, 1.165) is 38.5 Å². The summed E-state index contributed by atoms with van der Waals surface area (Å²) in [6, 6.07) is 13.7. The lowest BCUT2D eigenvalue weighted by molar-refractivity contribution is 0.616. The summed E-state index contributed by atoms with van der Waals surface area (Å²) in [5, 5.41) is 2.97. The largest absolute Gasteiger partial charge is 0.464 e. The average molecular weight is 234 g/mol. The molecule has 3 nitrogen and oxygen atoms in total. The Bertz CT molecular complexity index is 893. The lowest BCUT2D eigenvalue weighted by Gasteiger charge is -2.06. The predicted molar refractivity (Wildman–Crippen MR) is 73.4 cm³/mol. The Morgan fingerprint density at radius 2 is 1.78 bits per heavy atom. The van der Waals surface area contributed by atoms with Crippen LogP contribution in [0.25, 0.3) is 32.8 Å². The summed E-state index contributed by atoms with van der Waals surface area (Å²) in [7, 11) is 0. The van der Waals surface area contributed by atoms with Gasteiger partial charge in [0.2, 0.25) is 0 Å². The maximum absolute atomic E-state index is 6.24. The molecule has 0 bridgehead atoms. The van der Waals surface area contributed by atoms with Gasteiger partial charge in [0.25, 0.3) is 0 Å². The summed E-state index contributed by atoms with van der Waals surface area (Å²) >= 11 is 0. The second-order valence-electron chi connectivity index (χ2n) is 4.34. The van der Waals surface area contributed by atoms with Crippen LogP contribution in [0.2, 0.25) is 0 Å². The molecule has 0 saturated heterocycles. The fourth-order valence-corrected chi connectivity index (χ4v) is 2.43. The van der Waals surface area contributed by atoms with Gasteiger partial charge in [0.1, 0.15) is 5.58 Å². The normalized spacial score (nSPS) is 11.6. The summed E-state index contributed by atoms with van der Waals surface area (Å²) in [6.45, 7) is 0. The second kappa shape index (κ2) is 3.23. The lowest BCUT2D eigenvalue weighted by Crippen LogP contribution is -1.92. The zero-order chi connectivity index (χ0) is 12.1. The first kappa shape index (κ1) is 9.48. The minimum Gasteiger partial charge on any atom is -0.464 e. The molecule has 0 aliphatic carbocycles. The van der Waals surface area contributed by atoms with E-state index in [4.69, 9.17) is 15.1 Å². The van der Waals surface area contributed by atoms with Crippen LogP contribution in [0.5, 0.6) is 0 Å². The molecule has 4 rings (SSSR count). The average Bonchev–Trinajstić information content (AvgIpc) is 2.88. The highest BCUT2D eigenvalue weighted by Crippen LogP contribution is 2.32. The molecule has 2 N–H and O–H groups in total. The summed E-state index contributed by atoms with van der Waals surface area (Å²) in [5.41, 5.74) is 9.67. The molecule has 0 spiro atoms. The molecular formula is C15H10N2O. The Morgan fingerprint density at radius 3 is 2.72 bits per heavy atom. The van der Waals surface area contributed by atoms with Gasteiger partial charge in [-0.3, -0.25) is 0 Å². The molecule has 0 saturated carbocycles. The van der Waals surface area contributed by atoms with E-state index in [1.54, 1.807) is 6.26 Å². The third-order valence-corrected chi connectivity index (χ3v) is 3.32. The van der Waals surface area contributed by atoms with Gasteiger partial charge in [-0.2, -0.15) is 0 Å².